The Bertz CT molecular complexity index is 2040. The van der Waals surface area contributed by atoms with Crippen LogP contribution < -0.4 is 0 Å². The maximum Gasteiger partial charge on any atom is 0.472 e. The Balaban J connectivity index is 5.25. The summed E-state index contributed by atoms with van der Waals surface area (Å²) >= 11 is 0. The molecule has 0 spiro atoms. The van der Waals surface area contributed by atoms with Crippen molar-refractivity contribution in [2.75, 3.05) is 39.6 Å². The van der Waals surface area contributed by atoms with Crippen molar-refractivity contribution in [3.8, 4) is 0 Å². The van der Waals surface area contributed by atoms with Crippen molar-refractivity contribution in [3.63, 3.8) is 0 Å². The second kappa shape index (κ2) is 73.1. The van der Waals surface area contributed by atoms with Gasteiger partial charge >= 0.3 is 39.5 Å². The van der Waals surface area contributed by atoms with E-state index in [1.54, 1.807) is 0 Å². The molecule has 0 fully saturated rings. The van der Waals surface area contributed by atoms with Gasteiger partial charge in [-0.3, -0.25) is 37.3 Å². The van der Waals surface area contributed by atoms with E-state index in [-0.39, 0.29) is 25.7 Å². The number of ether oxygens (including phenoxy) is 4. The van der Waals surface area contributed by atoms with Crippen LogP contribution in [0.3, 0.4) is 0 Å². The summed E-state index contributed by atoms with van der Waals surface area (Å²) in [6, 6.07) is 0. The third kappa shape index (κ3) is 72.9. The van der Waals surface area contributed by atoms with Crippen LogP contribution in [0.5, 0.6) is 0 Å². The third-order valence-corrected chi connectivity index (χ3v) is 21.2. The average Bonchev–Trinajstić information content (AvgIpc) is 0.942. The number of carbonyl (C=O) groups is 4. The molecule has 3 N–H and O–H groups in total. The maximum absolute atomic E-state index is 13.1. The number of phosphoric acid groups is 2. The second-order valence-corrected chi connectivity index (χ2v) is 32.2. The van der Waals surface area contributed by atoms with Gasteiger partial charge in [-0.15, -0.1) is 0 Å². The highest BCUT2D eigenvalue weighted by molar-refractivity contribution is 7.47. The molecule has 0 aromatic rings. The first-order chi connectivity index (χ1) is 48.9. The average molecular weight is 1480 g/mol. The molecular formula is C82H156O17P2. The van der Waals surface area contributed by atoms with Gasteiger partial charge in [-0.2, -0.15) is 0 Å². The molecule has 101 heavy (non-hydrogen) atoms. The van der Waals surface area contributed by atoms with Crippen molar-refractivity contribution >= 4 is 39.5 Å². The van der Waals surface area contributed by atoms with Crippen LogP contribution in [0, 0.1) is 11.8 Å². The molecule has 0 bridgehead atoms. The Morgan fingerprint density at radius 1 is 0.317 bits per heavy atom. The van der Waals surface area contributed by atoms with E-state index in [2.05, 4.69) is 65.8 Å². The standard InChI is InChI=1S/C82H156O17P2/c1-7-11-13-15-17-19-21-23-28-32-36-40-47-53-59-65-80(85)92-70-77(98-81(86)66-60-54-48-41-37-33-30-27-25-24-26-29-31-34-38-44-50-56-62-74(5)9-3)72-96-100(88,89)94-68-76(83)69-95-101(90,91)97-73-78(99-82(87)67-61-55-49-43-42-45-51-57-63-75(6)10-4)71-93-79(84)64-58-52-46-39-35-22-20-18-16-14-12-8-2/h19,21,23,28,74-78,83H,7-18,20,22,24-27,29-73H2,1-6H3,(H,88,89)(H,90,91)/b21-19-,28-23-/t74?,75?,76-,77-,78-/m1/s1. The molecule has 0 heterocycles. The lowest BCUT2D eigenvalue weighted by Crippen LogP contribution is -2.30. The first-order valence-corrected chi connectivity index (χ1v) is 44.9. The number of aliphatic hydroxyl groups excluding tert-OH is 1. The minimum absolute atomic E-state index is 0.101. The predicted octanol–water partition coefficient (Wildman–Crippen LogP) is 24.2. The van der Waals surface area contributed by atoms with E-state index in [0.29, 0.717) is 25.7 Å². The quantitative estimate of drug-likeness (QED) is 0.0169. The Hall–Kier alpha value is -2.46. The molecular weight excluding hydrogens is 1320 g/mol. The van der Waals surface area contributed by atoms with Crippen LogP contribution in [-0.2, 0) is 65.4 Å². The van der Waals surface area contributed by atoms with Gasteiger partial charge in [-0.25, -0.2) is 9.13 Å². The van der Waals surface area contributed by atoms with Crippen LogP contribution in [0.2, 0.25) is 0 Å². The highest BCUT2D eigenvalue weighted by Gasteiger charge is 2.30. The molecule has 0 amide bonds. The first-order valence-electron chi connectivity index (χ1n) is 41.9. The number of hydrogen-bond acceptors (Lipinski definition) is 15. The van der Waals surface area contributed by atoms with Gasteiger partial charge in [-0.05, 0) is 63.2 Å². The molecule has 0 aromatic heterocycles. The second-order valence-electron chi connectivity index (χ2n) is 29.3. The fourth-order valence-corrected chi connectivity index (χ4v) is 13.7. The predicted molar refractivity (Wildman–Crippen MR) is 414 cm³/mol. The summed E-state index contributed by atoms with van der Waals surface area (Å²) in [5.41, 5.74) is 0. The van der Waals surface area contributed by atoms with Crippen molar-refractivity contribution < 1.29 is 80.2 Å². The summed E-state index contributed by atoms with van der Waals surface area (Å²) in [6.45, 7) is 9.63. The maximum atomic E-state index is 13.1. The normalized spacial score (nSPS) is 14.6. The van der Waals surface area contributed by atoms with Gasteiger partial charge in [0, 0.05) is 25.7 Å². The Morgan fingerprint density at radius 3 is 0.842 bits per heavy atom. The molecule has 0 rings (SSSR count). The molecule has 19 heteroatoms. The van der Waals surface area contributed by atoms with Crippen molar-refractivity contribution in [1.29, 1.82) is 0 Å². The summed E-state index contributed by atoms with van der Waals surface area (Å²) in [5.74, 6) is -0.502. The minimum Gasteiger partial charge on any atom is -0.462 e. The molecule has 4 unspecified atom stereocenters. The largest absolute Gasteiger partial charge is 0.472 e. The number of rotatable bonds is 79. The van der Waals surface area contributed by atoms with Crippen molar-refractivity contribution in [1.82, 2.24) is 0 Å². The fourth-order valence-electron chi connectivity index (χ4n) is 12.1. The Labute approximate surface area is 618 Å². The molecule has 596 valence electrons. The van der Waals surface area contributed by atoms with Gasteiger partial charge in [0.1, 0.15) is 19.3 Å². The zero-order valence-corrected chi connectivity index (χ0v) is 67.5. The van der Waals surface area contributed by atoms with E-state index < -0.39 is 97.5 Å². The molecule has 0 aliphatic carbocycles. The number of allylic oxidation sites excluding steroid dienone is 4. The van der Waals surface area contributed by atoms with Crippen molar-refractivity contribution in [2.24, 2.45) is 11.8 Å². The number of aliphatic hydroxyl groups is 1. The lowest BCUT2D eigenvalue weighted by molar-refractivity contribution is -0.161. The monoisotopic (exact) mass is 1480 g/mol. The van der Waals surface area contributed by atoms with Gasteiger partial charge in [0.25, 0.3) is 0 Å². The molecule has 0 aromatic carbocycles. The first kappa shape index (κ1) is 98.5. The highest BCUT2D eigenvalue weighted by Crippen LogP contribution is 2.45. The molecule has 0 saturated carbocycles. The molecule has 7 atom stereocenters. The van der Waals surface area contributed by atoms with E-state index in [0.717, 1.165) is 121 Å². The van der Waals surface area contributed by atoms with E-state index in [1.165, 1.54) is 205 Å². The van der Waals surface area contributed by atoms with Gasteiger partial charge in [0.05, 0.1) is 26.4 Å². The fraction of sp³-hybridized carbons (Fsp3) is 0.902. The van der Waals surface area contributed by atoms with Gasteiger partial charge < -0.3 is 33.8 Å². The molecule has 0 aliphatic rings. The smallest absolute Gasteiger partial charge is 0.462 e. The summed E-state index contributed by atoms with van der Waals surface area (Å²) in [5, 5.41) is 10.6. The molecule has 0 aliphatic heterocycles. The topological polar surface area (TPSA) is 237 Å². The molecule has 0 saturated heterocycles. The zero-order valence-electron chi connectivity index (χ0n) is 65.7. The zero-order chi connectivity index (χ0) is 74.2. The van der Waals surface area contributed by atoms with Crippen molar-refractivity contribution in [3.05, 3.63) is 24.3 Å². The van der Waals surface area contributed by atoms with Gasteiger partial charge in [0.15, 0.2) is 12.2 Å². The lowest BCUT2D eigenvalue weighted by atomic mass is 9.99. The SMILES string of the molecule is CCCCCC/C=C\C=C/CCCCCCCC(=O)OC[C@H](COP(=O)(O)OC[C@@H](O)COP(=O)(O)OC[C@@H](COC(=O)CCCCCCCCCCCCCC)OC(=O)CCCCCCCCCCC(C)CC)OC(=O)CCCCCCCCCCCCCCCCCCCCC(C)CC. The van der Waals surface area contributed by atoms with Crippen LogP contribution in [0.1, 0.15) is 408 Å². The van der Waals surface area contributed by atoms with Crippen LogP contribution in [0.25, 0.3) is 0 Å². The Morgan fingerprint density at radius 2 is 0.554 bits per heavy atom. The van der Waals surface area contributed by atoms with E-state index >= 15 is 0 Å². The molecule has 17 nitrogen and oxygen atoms in total. The van der Waals surface area contributed by atoms with Crippen LogP contribution >= 0.6 is 15.6 Å². The van der Waals surface area contributed by atoms with Gasteiger partial charge in [0.2, 0.25) is 0 Å². The number of hydrogen-bond donors (Lipinski definition) is 3. The summed E-state index contributed by atoms with van der Waals surface area (Å²) < 4.78 is 68.7. The Kier molecular flexibility index (Phi) is 71.3. The van der Waals surface area contributed by atoms with Crippen LogP contribution in [-0.4, -0.2) is 96.7 Å². The molecule has 0 radical (unpaired) electrons. The highest BCUT2D eigenvalue weighted by atomic mass is 31.2. The van der Waals surface area contributed by atoms with Crippen molar-refractivity contribution in [2.45, 2.75) is 426 Å². The summed E-state index contributed by atoms with van der Waals surface area (Å²) in [4.78, 5) is 73.0. The third-order valence-electron chi connectivity index (χ3n) is 19.3. The number of esters is 4. The van der Waals surface area contributed by atoms with E-state index in [1.807, 2.05) is 0 Å². The number of unbranched alkanes of at least 4 members (excludes halogenated alkanes) is 44. The lowest BCUT2D eigenvalue weighted by Gasteiger charge is -2.21. The van der Waals surface area contributed by atoms with Crippen LogP contribution in [0.4, 0.5) is 0 Å². The minimum atomic E-state index is -4.97. The summed E-state index contributed by atoms with van der Waals surface area (Å²) in [6.07, 6.45) is 65.9. The number of carbonyl (C=O) groups excluding carboxylic acids is 4. The van der Waals surface area contributed by atoms with Gasteiger partial charge in [-0.1, -0.05) is 355 Å². The number of phosphoric ester groups is 2. The summed E-state index contributed by atoms with van der Waals surface area (Å²) in [7, 11) is -9.93. The van der Waals surface area contributed by atoms with E-state index in [4.69, 9.17) is 37.0 Å². The van der Waals surface area contributed by atoms with E-state index in [9.17, 15) is 43.2 Å². The van der Waals surface area contributed by atoms with Crippen LogP contribution in [0.15, 0.2) is 24.3 Å².